The van der Waals surface area contributed by atoms with Crippen LogP contribution < -0.4 is 19.3 Å². The molecule has 0 aliphatic heterocycles. The average molecular weight is 1070 g/mol. The van der Waals surface area contributed by atoms with Gasteiger partial charge in [0.15, 0.2) is 5.82 Å². The van der Waals surface area contributed by atoms with Crippen LogP contribution in [-0.2, 0) is 34.1 Å². The zero-order valence-corrected chi connectivity index (χ0v) is 46.3. The molecule has 0 radical (unpaired) electrons. The van der Waals surface area contributed by atoms with Crippen LogP contribution in [-0.4, -0.2) is 107 Å². The summed E-state index contributed by atoms with van der Waals surface area (Å²) in [6.07, 6.45) is 7.45. The SMILES string of the molecule is CC(C)(C)[Si](C)(C)COc1ccn(-c2ccc(C(=O)O)c(Cl)c2)n1.Cc1nn(C)cc1S(=O)(=O)NC(=O)c1ccc(-n2ccc(OC[Si](C)(C)C(C)(C)C)n2)nc1Cl.Cc1nn(C)cc1S(N)(=O)=O. The van der Waals surface area contributed by atoms with E-state index in [4.69, 9.17) is 42.9 Å². The van der Waals surface area contributed by atoms with Gasteiger partial charge in [0, 0.05) is 51.0 Å². The van der Waals surface area contributed by atoms with Crippen molar-refractivity contribution in [2.75, 3.05) is 12.5 Å². The van der Waals surface area contributed by atoms with E-state index < -0.39 is 48.1 Å². The lowest BCUT2D eigenvalue weighted by atomic mass is 10.2. The van der Waals surface area contributed by atoms with Crippen molar-refractivity contribution in [3.05, 3.63) is 99.9 Å². The lowest BCUT2D eigenvalue weighted by Crippen LogP contribution is -2.43. The van der Waals surface area contributed by atoms with Gasteiger partial charge < -0.3 is 14.6 Å². The summed E-state index contributed by atoms with van der Waals surface area (Å²) < 4.78 is 66.4. The van der Waals surface area contributed by atoms with Crippen molar-refractivity contribution in [2.24, 2.45) is 19.2 Å². The normalized spacial score (nSPS) is 12.4. The Labute approximate surface area is 415 Å². The maximum atomic E-state index is 12.6. The van der Waals surface area contributed by atoms with E-state index in [0.29, 0.717) is 41.4 Å². The Bertz CT molecular complexity index is 3050. The third kappa shape index (κ3) is 14.6. The molecular formula is C43H61Cl2N11O9S2Si2. The number of carbonyl (C=O) groups is 2. The molecule has 0 saturated heterocycles. The highest BCUT2D eigenvalue weighted by atomic mass is 35.5. The Morgan fingerprint density at radius 1 is 0.725 bits per heavy atom. The summed E-state index contributed by atoms with van der Waals surface area (Å²) in [7, 11) is -7.67. The van der Waals surface area contributed by atoms with Crippen LogP contribution in [0.1, 0.15) is 73.6 Å². The van der Waals surface area contributed by atoms with Gasteiger partial charge in [0.2, 0.25) is 21.8 Å². The third-order valence-corrected chi connectivity index (χ3v) is 24.8. The summed E-state index contributed by atoms with van der Waals surface area (Å²) in [6.45, 7) is 25.7. The Morgan fingerprint density at radius 3 is 1.59 bits per heavy atom. The number of carboxylic acid groups (broad SMARTS) is 1. The summed E-state index contributed by atoms with van der Waals surface area (Å²) in [4.78, 5) is 27.8. The van der Waals surface area contributed by atoms with Gasteiger partial charge in [0.1, 0.15) is 14.9 Å². The number of amides is 1. The Morgan fingerprint density at radius 2 is 1.19 bits per heavy atom. The molecule has 4 N–H and O–H groups in total. The minimum absolute atomic E-state index is 0.0713. The maximum absolute atomic E-state index is 12.6. The summed E-state index contributed by atoms with van der Waals surface area (Å²) in [5.74, 6) is -0.577. The Hall–Kier alpha value is -5.38. The van der Waals surface area contributed by atoms with Crippen molar-refractivity contribution in [1.82, 2.24) is 48.8 Å². The lowest BCUT2D eigenvalue weighted by Gasteiger charge is -2.35. The quantitative estimate of drug-likeness (QED) is 0.0746. The predicted octanol–water partition coefficient (Wildman–Crippen LogP) is 7.53. The van der Waals surface area contributed by atoms with E-state index in [9.17, 15) is 26.4 Å². The van der Waals surface area contributed by atoms with Crippen LogP contribution in [0.5, 0.6) is 11.8 Å². The number of rotatable bonds is 13. The summed E-state index contributed by atoms with van der Waals surface area (Å²) >= 11 is 12.2. The number of ether oxygens (including phenoxy) is 2. The topological polar surface area (TPSA) is 263 Å². The van der Waals surface area contributed by atoms with E-state index in [2.05, 4.69) is 93.1 Å². The molecule has 0 aliphatic rings. The Balaban J connectivity index is 0.000000255. The fourth-order valence-corrected chi connectivity index (χ4v) is 9.77. The number of carboxylic acids is 1. The van der Waals surface area contributed by atoms with E-state index in [1.807, 2.05) is 4.72 Å². The van der Waals surface area contributed by atoms with E-state index in [1.165, 1.54) is 51.6 Å². The molecule has 376 valence electrons. The molecule has 1 aromatic carbocycles. The molecule has 20 nitrogen and oxygen atoms in total. The Kier molecular flexibility index (Phi) is 17.4. The van der Waals surface area contributed by atoms with E-state index in [0.717, 1.165) is 0 Å². The van der Waals surface area contributed by atoms with Crippen molar-refractivity contribution < 1.29 is 41.0 Å². The van der Waals surface area contributed by atoms with Crippen LogP contribution >= 0.6 is 23.2 Å². The molecule has 6 rings (SSSR count). The number of benzene rings is 1. The number of aromatic nitrogens is 9. The van der Waals surface area contributed by atoms with E-state index in [1.54, 1.807) is 62.4 Å². The maximum Gasteiger partial charge on any atom is 0.337 e. The van der Waals surface area contributed by atoms with Crippen molar-refractivity contribution >= 4 is 71.3 Å². The van der Waals surface area contributed by atoms with Crippen molar-refractivity contribution in [1.29, 1.82) is 0 Å². The zero-order chi connectivity index (χ0) is 52.2. The first-order chi connectivity index (χ1) is 31.5. The highest BCUT2D eigenvalue weighted by molar-refractivity contribution is 7.90. The van der Waals surface area contributed by atoms with Gasteiger partial charge >= 0.3 is 5.97 Å². The van der Waals surface area contributed by atoms with Gasteiger partial charge in [0.05, 0.1) is 61.8 Å². The number of aryl methyl sites for hydroxylation is 4. The number of halogens is 2. The highest BCUT2D eigenvalue weighted by Crippen LogP contribution is 2.37. The van der Waals surface area contributed by atoms with Crippen molar-refractivity contribution in [2.45, 2.75) is 101 Å². The van der Waals surface area contributed by atoms with Gasteiger partial charge in [-0.3, -0.25) is 14.2 Å². The van der Waals surface area contributed by atoms with Gasteiger partial charge in [-0.2, -0.15) is 10.2 Å². The van der Waals surface area contributed by atoms with Gasteiger partial charge in [-0.25, -0.2) is 45.8 Å². The number of nitrogens with one attached hydrogen (secondary N) is 1. The number of primary sulfonamides is 1. The third-order valence-electron chi connectivity index (χ3n) is 11.9. The number of aromatic carboxylic acids is 1. The van der Waals surface area contributed by atoms with Crippen LogP contribution in [0, 0.1) is 13.8 Å². The first-order valence-corrected chi connectivity index (χ1v) is 31.4. The first kappa shape index (κ1) is 56.2. The summed E-state index contributed by atoms with van der Waals surface area (Å²) in [5, 5.41) is 31.0. The first-order valence-electron chi connectivity index (χ1n) is 21.2. The lowest BCUT2D eigenvalue weighted by molar-refractivity contribution is 0.0696. The largest absolute Gasteiger partial charge is 0.480 e. The number of nitrogens with zero attached hydrogens (tertiary/aromatic N) is 9. The monoisotopic (exact) mass is 1070 g/mol. The smallest absolute Gasteiger partial charge is 0.337 e. The number of hydrogen-bond donors (Lipinski definition) is 3. The van der Waals surface area contributed by atoms with E-state index in [-0.39, 0.29) is 46.9 Å². The second-order valence-electron chi connectivity index (χ2n) is 19.5. The van der Waals surface area contributed by atoms with Gasteiger partial charge in [-0.15, -0.1) is 10.2 Å². The second kappa shape index (κ2) is 21.3. The number of nitrogens with two attached hydrogens (primary N) is 1. The van der Waals surface area contributed by atoms with Crippen LogP contribution in [0.3, 0.4) is 0 Å². The molecule has 5 heterocycles. The number of hydrogen-bond acceptors (Lipinski definition) is 13. The summed E-state index contributed by atoms with van der Waals surface area (Å²) in [5.41, 5.74) is 1.37. The zero-order valence-electron chi connectivity index (χ0n) is 41.2. The molecule has 0 bridgehead atoms. The number of carbonyl (C=O) groups excluding carboxylic acids is 1. The average Bonchev–Trinajstić information content (AvgIpc) is 4.02. The molecule has 0 saturated carbocycles. The van der Waals surface area contributed by atoms with Crippen LogP contribution in [0.4, 0.5) is 0 Å². The molecular weight excluding hydrogens is 1010 g/mol. The molecule has 69 heavy (non-hydrogen) atoms. The molecule has 6 aromatic rings. The minimum atomic E-state index is -4.12. The van der Waals surface area contributed by atoms with E-state index >= 15 is 0 Å². The standard InChI is InChI=1S/C21H29ClN6O4SSi.C17H23ClN2O3Si.C5H9N3O2S/c1-14-16(12-27(5)24-14)33(30,31)26-20(29)15-8-9-17(23-19(15)22)28-11-10-18(25-28)32-13-34(6,7)21(2,3)4;1-17(2,3)24(4,5)11-23-15-8-9-20(19-15)12-6-7-13(16(21)22)14(18)10-12;1-4-5(11(6,9)10)3-8(2)7-4/h8-12H,13H2,1-7H3,(H,26,29);6-10H,11H2,1-5H3,(H,21,22);3H,1-2H3,(H2,6,9,10). The second-order valence-corrected chi connectivity index (χ2v) is 34.6. The van der Waals surface area contributed by atoms with Crippen LogP contribution in [0.25, 0.3) is 11.5 Å². The fraction of sp³-hybridized carbons (Fsp3) is 0.419. The number of pyridine rings is 1. The molecule has 0 fully saturated rings. The van der Waals surface area contributed by atoms with Gasteiger partial charge in [-0.05, 0) is 54.3 Å². The molecule has 0 unspecified atom stereocenters. The van der Waals surface area contributed by atoms with Gasteiger partial charge in [0.25, 0.3) is 15.9 Å². The van der Waals surface area contributed by atoms with Crippen molar-refractivity contribution in [3.63, 3.8) is 0 Å². The molecule has 0 spiro atoms. The molecule has 5 aromatic heterocycles. The highest BCUT2D eigenvalue weighted by Gasteiger charge is 2.37. The van der Waals surface area contributed by atoms with Crippen LogP contribution in [0.15, 0.2) is 77.0 Å². The number of sulfonamides is 2. The van der Waals surface area contributed by atoms with Crippen molar-refractivity contribution in [3.8, 4) is 23.3 Å². The minimum Gasteiger partial charge on any atom is -0.480 e. The van der Waals surface area contributed by atoms with Crippen LogP contribution in [0.2, 0.25) is 46.4 Å². The fourth-order valence-electron chi connectivity index (χ4n) is 5.45. The predicted molar refractivity (Wildman–Crippen MR) is 269 cm³/mol. The molecule has 1 amide bonds. The summed E-state index contributed by atoms with van der Waals surface area (Å²) in [6, 6.07) is 11.2. The van der Waals surface area contributed by atoms with Gasteiger partial charge in [-0.1, -0.05) is 90.9 Å². The molecule has 26 heteroatoms. The molecule has 0 aliphatic carbocycles. The molecule has 0 atom stereocenters.